The number of hydrogen-bond donors (Lipinski definition) is 0. The standard InChI is InChI=1S/C34H32N6/c1-3-13-31-27(9-1)15-19-37-33(31)25-39(23-29-11-5-7-17-35-29)21-22-40(24-30-12-6-8-18-36-30)26-34-32-14-4-2-10-28(32)16-20-38-34/h1-20H,21-26H2. The molecule has 0 fully saturated rings. The maximum absolute atomic E-state index is 4.79. The molecule has 2 aromatic carbocycles. The van der Waals surface area contributed by atoms with E-state index in [4.69, 9.17) is 9.97 Å². The molecule has 4 heterocycles. The number of benzene rings is 2. The zero-order valence-corrected chi connectivity index (χ0v) is 22.5. The molecule has 6 aromatic rings. The number of rotatable bonds is 11. The van der Waals surface area contributed by atoms with Crippen molar-refractivity contribution in [1.29, 1.82) is 0 Å². The third kappa shape index (κ3) is 6.37. The van der Waals surface area contributed by atoms with Crippen molar-refractivity contribution in [3.05, 3.63) is 145 Å². The molecule has 0 aliphatic heterocycles. The minimum Gasteiger partial charge on any atom is -0.290 e. The van der Waals surface area contributed by atoms with E-state index in [9.17, 15) is 0 Å². The summed E-state index contributed by atoms with van der Waals surface area (Å²) in [5.74, 6) is 0. The van der Waals surface area contributed by atoms with E-state index < -0.39 is 0 Å². The van der Waals surface area contributed by atoms with Crippen LogP contribution in [0.1, 0.15) is 22.8 Å². The summed E-state index contributed by atoms with van der Waals surface area (Å²) in [7, 11) is 0. The molecule has 0 radical (unpaired) electrons. The molecule has 0 atom stereocenters. The number of hydrogen-bond acceptors (Lipinski definition) is 6. The van der Waals surface area contributed by atoms with Gasteiger partial charge in [0.15, 0.2) is 0 Å². The van der Waals surface area contributed by atoms with Gasteiger partial charge in [-0.1, -0.05) is 60.7 Å². The quantitative estimate of drug-likeness (QED) is 0.199. The minimum absolute atomic E-state index is 0.738. The Bertz CT molecular complexity index is 1540. The predicted molar refractivity (Wildman–Crippen MR) is 160 cm³/mol. The molecule has 198 valence electrons. The molecule has 4 aromatic heterocycles. The molecule has 0 amide bonds. The molecule has 6 heteroatoms. The van der Waals surface area contributed by atoms with Gasteiger partial charge in [-0.2, -0.15) is 0 Å². The van der Waals surface area contributed by atoms with Crippen molar-refractivity contribution in [1.82, 2.24) is 29.7 Å². The van der Waals surface area contributed by atoms with Gasteiger partial charge in [0, 0.05) is 74.8 Å². The lowest BCUT2D eigenvalue weighted by molar-refractivity contribution is 0.179. The molecule has 0 saturated heterocycles. The van der Waals surface area contributed by atoms with E-state index in [1.807, 2.05) is 36.9 Å². The van der Waals surface area contributed by atoms with E-state index in [2.05, 4.69) is 105 Å². The summed E-state index contributed by atoms with van der Waals surface area (Å²) in [6.45, 7) is 4.66. The average Bonchev–Trinajstić information content (AvgIpc) is 3.01. The van der Waals surface area contributed by atoms with Crippen molar-refractivity contribution >= 4 is 21.5 Å². The fourth-order valence-electron chi connectivity index (χ4n) is 5.19. The lowest BCUT2D eigenvalue weighted by Gasteiger charge is -2.28. The van der Waals surface area contributed by atoms with E-state index in [0.717, 1.165) is 62.0 Å². The molecular formula is C34H32N6. The van der Waals surface area contributed by atoms with Crippen LogP contribution in [-0.4, -0.2) is 42.8 Å². The normalized spacial score (nSPS) is 11.6. The molecule has 0 aliphatic rings. The van der Waals surface area contributed by atoms with Crippen molar-refractivity contribution in [2.24, 2.45) is 0 Å². The van der Waals surface area contributed by atoms with Crippen molar-refractivity contribution in [3.8, 4) is 0 Å². The van der Waals surface area contributed by atoms with Crippen LogP contribution in [0.4, 0.5) is 0 Å². The highest BCUT2D eigenvalue weighted by molar-refractivity contribution is 5.84. The fraction of sp³-hybridized carbons (Fsp3) is 0.176. The topological polar surface area (TPSA) is 58.0 Å². The van der Waals surface area contributed by atoms with Gasteiger partial charge in [-0.25, -0.2) is 0 Å². The molecule has 40 heavy (non-hydrogen) atoms. The van der Waals surface area contributed by atoms with Crippen LogP contribution in [0.3, 0.4) is 0 Å². The minimum atomic E-state index is 0.738. The summed E-state index contributed by atoms with van der Waals surface area (Å²) >= 11 is 0. The second-order valence-corrected chi connectivity index (χ2v) is 10.0. The Morgan fingerprint density at radius 2 is 0.850 bits per heavy atom. The van der Waals surface area contributed by atoms with Crippen molar-refractivity contribution in [2.75, 3.05) is 13.1 Å². The zero-order valence-electron chi connectivity index (χ0n) is 22.5. The molecule has 6 nitrogen and oxygen atoms in total. The molecule has 6 rings (SSSR count). The van der Waals surface area contributed by atoms with Crippen molar-refractivity contribution < 1.29 is 0 Å². The number of pyridine rings is 4. The Hall–Kier alpha value is -4.52. The van der Waals surface area contributed by atoms with Crippen LogP contribution < -0.4 is 0 Å². The van der Waals surface area contributed by atoms with Crippen LogP contribution >= 0.6 is 0 Å². The van der Waals surface area contributed by atoms with E-state index in [1.54, 1.807) is 0 Å². The van der Waals surface area contributed by atoms with E-state index >= 15 is 0 Å². The molecular weight excluding hydrogens is 492 g/mol. The first-order chi connectivity index (χ1) is 19.8. The second kappa shape index (κ2) is 12.6. The van der Waals surface area contributed by atoms with Gasteiger partial charge in [0.1, 0.15) is 0 Å². The summed E-state index contributed by atoms with van der Waals surface area (Å²) < 4.78 is 0. The Morgan fingerprint density at radius 3 is 1.30 bits per heavy atom. The van der Waals surface area contributed by atoms with E-state index in [0.29, 0.717) is 0 Å². The second-order valence-electron chi connectivity index (χ2n) is 10.0. The zero-order chi connectivity index (χ0) is 27.0. The van der Waals surface area contributed by atoms with Gasteiger partial charge in [0.2, 0.25) is 0 Å². The van der Waals surface area contributed by atoms with Gasteiger partial charge in [-0.15, -0.1) is 0 Å². The predicted octanol–water partition coefficient (Wildman–Crippen LogP) is 6.28. The van der Waals surface area contributed by atoms with Crippen LogP contribution in [0, 0.1) is 0 Å². The van der Waals surface area contributed by atoms with Gasteiger partial charge < -0.3 is 0 Å². The van der Waals surface area contributed by atoms with Crippen molar-refractivity contribution in [3.63, 3.8) is 0 Å². The first-order valence-corrected chi connectivity index (χ1v) is 13.7. The monoisotopic (exact) mass is 524 g/mol. The summed E-state index contributed by atoms with van der Waals surface area (Å²) in [4.78, 5) is 23.7. The van der Waals surface area contributed by atoms with Gasteiger partial charge in [0.25, 0.3) is 0 Å². The maximum Gasteiger partial charge on any atom is 0.0622 e. The smallest absolute Gasteiger partial charge is 0.0622 e. The number of aromatic nitrogens is 4. The molecule has 0 bridgehead atoms. The highest BCUT2D eigenvalue weighted by Gasteiger charge is 2.16. The largest absolute Gasteiger partial charge is 0.290 e. The van der Waals surface area contributed by atoms with Crippen LogP contribution in [0.2, 0.25) is 0 Å². The lowest BCUT2D eigenvalue weighted by Crippen LogP contribution is -2.35. The molecule has 0 aliphatic carbocycles. The van der Waals surface area contributed by atoms with Crippen LogP contribution in [0.25, 0.3) is 21.5 Å². The molecule has 0 saturated carbocycles. The first kappa shape index (κ1) is 25.7. The molecule has 0 unspecified atom stereocenters. The maximum atomic E-state index is 4.79. The third-order valence-electron chi connectivity index (χ3n) is 7.22. The van der Waals surface area contributed by atoms with E-state index in [-0.39, 0.29) is 0 Å². The fourth-order valence-corrected chi connectivity index (χ4v) is 5.19. The van der Waals surface area contributed by atoms with E-state index in [1.165, 1.54) is 21.5 Å². The average molecular weight is 525 g/mol. The lowest BCUT2D eigenvalue weighted by atomic mass is 10.1. The van der Waals surface area contributed by atoms with Crippen LogP contribution in [-0.2, 0) is 26.2 Å². The molecule has 0 spiro atoms. The summed E-state index contributed by atoms with van der Waals surface area (Å²) in [6, 6.07) is 33.3. The highest BCUT2D eigenvalue weighted by Crippen LogP contribution is 2.21. The summed E-state index contributed by atoms with van der Waals surface area (Å²) in [6.07, 6.45) is 7.55. The third-order valence-corrected chi connectivity index (χ3v) is 7.22. The Labute approximate surface area is 235 Å². The number of nitrogens with zero attached hydrogens (tertiary/aromatic N) is 6. The van der Waals surface area contributed by atoms with Gasteiger partial charge in [0.05, 0.1) is 22.8 Å². The van der Waals surface area contributed by atoms with Gasteiger partial charge in [-0.3, -0.25) is 29.7 Å². The van der Waals surface area contributed by atoms with Gasteiger partial charge in [-0.05, 0) is 47.2 Å². The first-order valence-electron chi connectivity index (χ1n) is 13.7. The number of fused-ring (bicyclic) bond motifs is 2. The SMILES string of the molecule is c1ccc(CN(CCN(Cc2ccccn2)Cc2nccc3ccccc23)Cc2nccc3ccccc23)nc1. The Morgan fingerprint density at radius 1 is 0.400 bits per heavy atom. The Kier molecular flexibility index (Phi) is 8.08. The van der Waals surface area contributed by atoms with Gasteiger partial charge >= 0.3 is 0 Å². The Balaban J connectivity index is 1.27. The molecule has 0 N–H and O–H groups in total. The van der Waals surface area contributed by atoms with Crippen LogP contribution in [0.15, 0.2) is 122 Å². The summed E-state index contributed by atoms with van der Waals surface area (Å²) in [5, 5.41) is 4.82. The van der Waals surface area contributed by atoms with Crippen LogP contribution in [0.5, 0.6) is 0 Å². The summed E-state index contributed by atoms with van der Waals surface area (Å²) in [5.41, 5.74) is 4.27. The highest BCUT2D eigenvalue weighted by atomic mass is 15.2. The van der Waals surface area contributed by atoms with Crippen molar-refractivity contribution in [2.45, 2.75) is 26.2 Å².